The van der Waals surface area contributed by atoms with Gasteiger partial charge in [-0.1, -0.05) is 0 Å². The van der Waals surface area contributed by atoms with Gasteiger partial charge < -0.3 is 24.6 Å². The van der Waals surface area contributed by atoms with Gasteiger partial charge in [0.1, 0.15) is 12.2 Å². The lowest BCUT2D eigenvalue weighted by molar-refractivity contribution is -0.0588. The molecule has 1 fully saturated rings. The Bertz CT molecular complexity index is 597. The molecule has 118 valence electrons. The van der Waals surface area contributed by atoms with Crippen LogP contribution in [0.3, 0.4) is 0 Å². The van der Waals surface area contributed by atoms with Gasteiger partial charge in [-0.3, -0.25) is 14.3 Å². The summed E-state index contributed by atoms with van der Waals surface area (Å²) in [6, 6.07) is -0.403. The number of H-pyrrole nitrogens is 1. The zero-order valence-corrected chi connectivity index (χ0v) is 12.0. The summed E-state index contributed by atoms with van der Waals surface area (Å²) in [5, 5.41) is 13.3. The maximum Gasteiger partial charge on any atom is 0.330 e. The van der Waals surface area contributed by atoms with Crippen molar-refractivity contribution in [3.05, 3.63) is 27.0 Å². The molecule has 1 aliphatic rings. The van der Waals surface area contributed by atoms with Crippen molar-refractivity contribution in [3.8, 4) is 5.75 Å². The fourth-order valence-corrected chi connectivity index (χ4v) is 2.44. The van der Waals surface area contributed by atoms with Crippen molar-refractivity contribution in [2.45, 2.75) is 24.5 Å². The van der Waals surface area contributed by atoms with Crippen LogP contribution >= 0.6 is 0 Å². The molecule has 0 bridgehead atoms. The topological polar surface area (TPSA) is 115 Å². The van der Waals surface area contributed by atoms with E-state index >= 15 is 0 Å². The van der Waals surface area contributed by atoms with E-state index in [2.05, 4.69) is 10.3 Å². The van der Waals surface area contributed by atoms with E-state index in [1.165, 1.54) is 20.4 Å². The molecule has 2 heterocycles. The molecule has 0 aromatic carbocycles. The minimum absolute atomic E-state index is 0.0402. The fraction of sp³-hybridized carbons (Fsp3) is 0.667. The molecule has 4 atom stereocenters. The fourth-order valence-electron chi connectivity index (χ4n) is 2.44. The summed E-state index contributed by atoms with van der Waals surface area (Å²) >= 11 is 0. The van der Waals surface area contributed by atoms with Crippen molar-refractivity contribution in [1.29, 1.82) is 0 Å². The number of aliphatic hydroxyl groups is 1. The third-order valence-electron chi connectivity index (χ3n) is 3.47. The summed E-state index contributed by atoms with van der Waals surface area (Å²) in [7, 11) is 4.51. The quantitative estimate of drug-likeness (QED) is 0.578. The van der Waals surface area contributed by atoms with E-state index in [-0.39, 0.29) is 12.4 Å². The van der Waals surface area contributed by atoms with E-state index in [1.807, 2.05) is 0 Å². The van der Waals surface area contributed by atoms with Crippen LogP contribution < -0.4 is 21.3 Å². The average molecular weight is 301 g/mol. The smallest absolute Gasteiger partial charge is 0.330 e. The lowest BCUT2D eigenvalue weighted by Gasteiger charge is -2.19. The number of hydrogen-bond acceptors (Lipinski definition) is 7. The first-order valence-corrected chi connectivity index (χ1v) is 6.42. The number of likely N-dealkylation sites (N-methyl/N-ethyl adjacent to an activating group) is 1. The number of hydrogen-bond donors (Lipinski definition) is 3. The SMILES string of the molecule is CNC1[C@@H](COC)O[C@@H](n2cc(OC)c(=O)[nH]c2=O)[C@H]1O. The second kappa shape index (κ2) is 6.39. The van der Waals surface area contributed by atoms with Crippen molar-refractivity contribution in [1.82, 2.24) is 14.9 Å². The molecule has 9 heteroatoms. The van der Waals surface area contributed by atoms with E-state index in [0.29, 0.717) is 0 Å². The Morgan fingerprint density at radius 2 is 2.19 bits per heavy atom. The maximum absolute atomic E-state index is 11.9. The highest BCUT2D eigenvalue weighted by Gasteiger charge is 2.44. The summed E-state index contributed by atoms with van der Waals surface area (Å²) in [6.07, 6.45) is -1.13. The molecule has 0 amide bonds. The number of methoxy groups -OCH3 is 2. The van der Waals surface area contributed by atoms with Gasteiger partial charge in [-0.05, 0) is 7.05 Å². The predicted molar refractivity (Wildman–Crippen MR) is 72.5 cm³/mol. The Labute approximate surface area is 120 Å². The Hall–Kier alpha value is -1.68. The van der Waals surface area contributed by atoms with Gasteiger partial charge in [-0.15, -0.1) is 0 Å². The van der Waals surface area contributed by atoms with Gasteiger partial charge in [0, 0.05) is 7.11 Å². The highest BCUT2D eigenvalue weighted by Crippen LogP contribution is 2.28. The van der Waals surface area contributed by atoms with Crippen LogP contribution in [0.1, 0.15) is 6.23 Å². The summed E-state index contributed by atoms with van der Waals surface area (Å²) < 4.78 is 16.7. The van der Waals surface area contributed by atoms with Gasteiger partial charge in [0.05, 0.1) is 26.0 Å². The Balaban J connectivity index is 2.38. The van der Waals surface area contributed by atoms with Gasteiger partial charge in [0.25, 0.3) is 5.56 Å². The molecule has 0 saturated carbocycles. The Morgan fingerprint density at radius 3 is 2.76 bits per heavy atom. The standard InChI is InChI=1S/C12H19N3O6/c1-13-8-7(5-19-2)21-11(9(8)16)15-4-6(20-3)10(17)14-12(15)18/h4,7-9,11,13,16H,5H2,1-3H3,(H,14,17,18)/t7-,8?,9+,11-/m1/s1. The van der Waals surface area contributed by atoms with Crippen LogP contribution in [-0.4, -0.2) is 60.8 Å². The van der Waals surface area contributed by atoms with E-state index < -0.39 is 35.7 Å². The maximum atomic E-state index is 11.9. The van der Waals surface area contributed by atoms with Gasteiger partial charge in [-0.25, -0.2) is 4.79 Å². The predicted octanol–water partition coefficient (Wildman–Crippen LogP) is -1.96. The molecule has 2 rings (SSSR count). The molecule has 21 heavy (non-hydrogen) atoms. The number of nitrogens with one attached hydrogen (secondary N) is 2. The number of nitrogens with zero attached hydrogens (tertiary/aromatic N) is 1. The van der Waals surface area contributed by atoms with Crippen molar-refractivity contribution >= 4 is 0 Å². The van der Waals surface area contributed by atoms with E-state index in [1.54, 1.807) is 7.05 Å². The lowest BCUT2D eigenvalue weighted by atomic mass is 10.1. The third-order valence-corrected chi connectivity index (χ3v) is 3.47. The summed E-state index contributed by atoms with van der Waals surface area (Å²) in [5.74, 6) is -0.0402. The van der Waals surface area contributed by atoms with Crippen LogP contribution in [-0.2, 0) is 9.47 Å². The number of ether oxygens (including phenoxy) is 3. The van der Waals surface area contributed by atoms with Crippen LogP contribution in [0.25, 0.3) is 0 Å². The highest BCUT2D eigenvalue weighted by atomic mass is 16.6. The largest absolute Gasteiger partial charge is 0.490 e. The first-order chi connectivity index (χ1) is 10.0. The Kier molecular flexibility index (Phi) is 4.78. The second-order valence-electron chi connectivity index (χ2n) is 4.69. The molecule has 1 aromatic rings. The van der Waals surface area contributed by atoms with Crippen molar-refractivity contribution in [2.24, 2.45) is 0 Å². The summed E-state index contributed by atoms with van der Waals surface area (Å²) in [5.41, 5.74) is -1.32. The van der Waals surface area contributed by atoms with Crippen LogP contribution in [0.2, 0.25) is 0 Å². The molecule has 0 spiro atoms. The van der Waals surface area contributed by atoms with Crippen molar-refractivity contribution in [2.75, 3.05) is 27.9 Å². The zero-order chi connectivity index (χ0) is 15.6. The minimum Gasteiger partial charge on any atom is -0.490 e. The lowest BCUT2D eigenvalue weighted by Crippen LogP contribution is -2.44. The Morgan fingerprint density at radius 1 is 1.48 bits per heavy atom. The molecule has 0 aliphatic carbocycles. The zero-order valence-electron chi connectivity index (χ0n) is 12.0. The molecule has 1 aromatic heterocycles. The van der Waals surface area contributed by atoms with E-state index in [0.717, 1.165) is 4.57 Å². The van der Waals surface area contributed by atoms with Crippen LogP contribution in [0.5, 0.6) is 5.75 Å². The second-order valence-corrected chi connectivity index (χ2v) is 4.69. The van der Waals surface area contributed by atoms with E-state index in [9.17, 15) is 14.7 Å². The number of rotatable bonds is 5. The third kappa shape index (κ3) is 2.86. The minimum atomic E-state index is -0.983. The summed E-state index contributed by atoms with van der Waals surface area (Å²) in [4.78, 5) is 25.5. The van der Waals surface area contributed by atoms with Gasteiger partial charge in [0.2, 0.25) is 5.75 Å². The number of aromatic amines is 1. The average Bonchev–Trinajstić information content (AvgIpc) is 2.75. The monoisotopic (exact) mass is 301 g/mol. The number of aliphatic hydroxyl groups excluding tert-OH is 1. The molecule has 1 unspecified atom stereocenters. The van der Waals surface area contributed by atoms with Gasteiger partial charge in [0.15, 0.2) is 6.23 Å². The van der Waals surface area contributed by atoms with Gasteiger partial charge in [-0.2, -0.15) is 0 Å². The molecule has 1 saturated heterocycles. The van der Waals surface area contributed by atoms with Crippen LogP contribution in [0.4, 0.5) is 0 Å². The summed E-state index contributed by atoms with van der Waals surface area (Å²) in [6.45, 7) is 0.258. The first kappa shape index (κ1) is 15.7. The number of aromatic nitrogens is 2. The van der Waals surface area contributed by atoms with Gasteiger partial charge >= 0.3 is 5.69 Å². The first-order valence-electron chi connectivity index (χ1n) is 6.42. The molecule has 9 nitrogen and oxygen atoms in total. The molecular formula is C12H19N3O6. The molecule has 3 N–H and O–H groups in total. The molecule has 1 aliphatic heterocycles. The molecular weight excluding hydrogens is 282 g/mol. The van der Waals surface area contributed by atoms with E-state index in [4.69, 9.17) is 14.2 Å². The highest BCUT2D eigenvalue weighted by molar-refractivity contribution is 5.12. The van der Waals surface area contributed by atoms with Crippen LogP contribution in [0.15, 0.2) is 15.8 Å². The van der Waals surface area contributed by atoms with Crippen molar-refractivity contribution in [3.63, 3.8) is 0 Å². The van der Waals surface area contributed by atoms with Crippen molar-refractivity contribution < 1.29 is 19.3 Å². The molecule has 0 radical (unpaired) electrons. The normalized spacial score (nSPS) is 28.8. The van der Waals surface area contributed by atoms with Crippen LogP contribution in [0, 0.1) is 0 Å².